The minimum Gasteiger partial charge on any atom is -0.325 e. The molecule has 8 nitrogen and oxygen atoms in total. The molecule has 0 unspecified atom stereocenters. The summed E-state index contributed by atoms with van der Waals surface area (Å²) >= 11 is 6.31. The highest BCUT2D eigenvalue weighted by Gasteiger charge is 2.27. The first kappa shape index (κ1) is 23.0. The number of hydrogen-bond acceptors (Lipinski definition) is 5. The van der Waals surface area contributed by atoms with Gasteiger partial charge in [0.1, 0.15) is 11.8 Å². The van der Waals surface area contributed by atoms with Crippen molar-refractivity contribution in [3.63, 3.8) is 0 Å². The first-order valence-corrected chi connectivity index (χ1v) is 13.4. The zero-order chi connectivity index (χ0) is 23.7. The molecule has 176 valence electrons. The second-order valence-electron chi connectivity index (χ2n) is 8.75. The summed E-state index contributed by atoms with van der Waals surface area (Å²) in [5.74, 6) is 1.08. The monoisotopic (exact) mass is 497 g/mol. The lowest BCUT2D eigenvalue weighted by atomic mass is 9.79. The van der Waals surface area contributed by atoms with Crippen LogP contribution >= 0.6 is 19.2 Å². The Morgan fingerprint density at radius 3 is 2.38 bits per heavy atom. The molecule has 2 aromatic heterocycles. The summed E-state index contributed by atoms with van der Waals surface area (Å²) in [6, 6.07) is 18.1. The molecule has 0 atom stereocenters. The molecule has 0 saturated heterocycles. The van der Waals surface area contributed by atoms with E-state index in [0.717, 1.165) is 37.1 Å². The van der Waals surface area contributed by atoms with Gasteiger partial charge in [-0.15, -0.1) is 0 Å². The molecule has 2 heterocycles. The van der Waals surface area contributed by atoms with Crippen LogP contribution in [0.15, 0.2) is 60.9 Å². The smallest absolute Gasteiger partial charge is 0.325 e. The van der Waals surface area contributed by atoms with Crippen LogP contribution in [0.2, 0.25) is 5.15 Å². The molecule has 0 radical (unpaired) electrons. The van der Waals surface area contributed by atoms with Gasteiger partial charge in [-0.25, -0.2) is 15.0 Å². The second kappa shape index (κ2) is 9.47. The predicted octanol–water partition coefficient (Wildman–Crippen LogP) is 5.66. The Morgan fingerprint density at radius 1 is 1.00 bits per heavy atom. The van der Waals surface area contributed by atoms with Crippen LogP contribution in [0.4, 0.5) is 11.6 Å². The third-order valence-electron chi connectivity index (χ3n) is 6.40. The van der Waals surface area contributed by atoms with E-state index in [2.05, 4.69) is 32.4 Å². The van der Waals surface area contributed by atoms with E-state index in [0.29, 0.717) is 28.2 Å². The van der Waals surface area contributed by atoms with Gasteiger partial charge in [-0.3, -0.25) is 9.13 Å². The second-order valence-corrected chi connectivity index (χ2v) is 10.8. The fourth-order valence-electron chi connectivity index (χ4n) is 4.75. The summed E-state index contributed by atoms with van der Waals surface area (Å²) in [6.45, 7) is 0. The highest BCUT2D eigenvalue weighted by atomic mass is 35.5. The van der Waals surface area contributed by atoms with E-state index in [1.165, 1.54) is 11.9 Å². The number of para-hydroxylation sites is 1. The summed E-state index contributed by atoms with van der Waals surface area (Å²) in [5, 5.41) is 3.65. The van der Waals surface area contributed by atoms with E-state index in [9.17, 15) is 14.4 Å². The highest BCUT2D eigenvalue weighted by molar-refractivity contribution is 7.51. The third-order valence-corrected chi connectivity index (χ3v) is 7.66. The third kappa shape index (κ3) is 5.00. The van der Waals surface area contributed by atoms with Crippen LogP contribution in [-0.2, 0) is 4.57 Å². The first-order chi connectivity index (χ1) is 16.4. The van der Waals surface area contributed by atoms with Gasteiger partial charge in [0.2, 0.25) is 5.95 Å². The van der Waals surface area contributed by atoms with Crippen LogP contribution in [0.3, 0.4) is 0 Å². The van der Waals surface area contributed by atoms with Crippen molar-refractivity contribution in [2.75, 3.05) is 11.5 Å². The number of benzene rings is 2. The van der Waals surface area contributed by atoms with Gasteiger partial charge < -0.3 is 15.1 Å². The number of aromatic nitrogens is 4. The molecule has 10 heteroatoms. The van der Waals surface area contributed by atoms with Crippen LogP contribution in [0.25, 0.3) is 16.9 Å². The lowest BCUT2D eigenvalue weighted by molar-refractivity contribution is 0.316. The van der Waals surface area contributed by atoms with Crippen molar-refractivity contribution < 1.29 is 14.4 Å². The van der Waals surface area contributed by atoms with Gasteiger partial charge in [-0.1, -0.05) is 41.9 Å². The van der Waals surface area contributed by atoms with Gasteiger partial charge in [0.15, 0.2) is 10.8 Å². The summed E-state index contributed by atoms with van der Waals surface area (Å²) in [4.78, 5) is 31.7. The maximum Gasteiger partial charge on any atom is 0.325 e. The number of imidazole rings is 1. The number of nitrogens with one attached hydrogen (secondary N) is 1. The molecular formula is C24H25ClN5O3P. The van der Waals surface area contributed by atoms with Crippen molar-refractivity contribution in [1.82, 2.24) is 19.5 Å². The van der Waals surface area contributed by atoms with Crippen molar-refractivity contribution in [1.29, 1.82) is 0 Å². The molecule has 4 aromatic rings. The topological polar surface area (TPSA) is 113 Å². The van der Waals surface area contributed by atoms with Crippen molar-refractivity contribution in [2.24, 2.45) is 5.92 Å². The van der Waals surface area contributed by atoms with Gasteiger partial charge >= 0.3 is 7.60 Å². The number of nitrogens with zero attached hydrogens (tertiary/aromatic N) is 4. The molecule has 3 N–H and O–H groups in total. The first-order valence-electron chi connectivity index (χ1n) is 11.2. The molecule has 2 aromatic carbocycles. The quantitative estimate of drug-likeness (QED) is 0.232. The van der Waals surface area contributed by atoms with E-state index >= 15 is 0 Å². The Kier molecular flexibility index (Phi) is 6.40. The normalized spacial score (nSPS) is 18.8. The maximum atomic E-state index is 11.3. The summed E-state index contributed by atoms with van der Waals surface area (Å²) in [7, 11) is -3.95. The number of fused-ring (bicyclic) bond motifs is 1. The number of rotatable bonds is 6. The Bertz CT molecular complexity index is 1330. The molecule has 1 aliphatic carbocycles. The minimum absolute atomic E-state index is 0.00598. The Balaban J connectivity index is 1.41. The average Bonchev–Trinajstić information content (AvgIpc) is 3.19. The predicted molar refractivity (Wildman–Crippen MR) is 133 cm³/mol. The van der Waals surface area contributed by atoms with Crippen LogP contribution in [0.5, 0.6) is 0 Å². The summed E-state index contributed by atoms with van der Waals surface area (Å²) in [6.07, 6.45) is 4.96. The summed E-state index contributed by atoms with van der Waals surface area (Å²) < 4.78 is 13.2. The van der Waals surface area contributed by atoms with Gasteiger partial charge in [-0.2, -0.15) is 0 Å². The maximum absolute atomic E-state index is 11.3. The van der Waals surface area contributed by atoms with E-state index in [1.807, 2.05) is 47.0 Å². The standard InChI is InChI=1S/C24H25ClN5O3P/c25-22-21-23(27-15-26-22)30(24(29-21)28-19-4-2-1-3-5-19)20-12-10-18(11-13-20)17-8-6-16(7-9-17)14-34(31,32)33/h1-5,10-13,15-17H,6-9,14H2,(H,28,29)(H2,31,32,33). The van der Waals surface area contributed by atoms with Crippen molar-refractivity contribution in [2.45, 2.75) is 31.6 Å². The SMILES string of the molecule is O=P(O)(O)CC1CCC(c2ccc(-n3c(Nc4ccccc4)nc4c(Cl)ncnc43)cc2)CC1. The van der Waals surface area contributed by atoms with Gasteiger partial charge in [0.05, 0.1) is 11.8 Å². The van der Waals surface area contributed by atoms with E-state index in [4.69, 9.17) is 11.6 Å². The van der Waals surface area contributed by atoms with E-state index < -0.39 is 7.60 Å². The van der Waals surface area contributed by atoms with Crippen molar-refractivity contribution in [3.05, 3.63) is 71.6 Å². The highest BCUT2D eigenvalue weighted by Crippen LogP contribution is 2.44. The molecule has 1 fully saturated rings. The molecule has 0 aliphatic heterocycles. The van der Waals surface area contributed by atoms with Crippen molar-refractivity contribution >= 4 is 42.0 Å². The fourth-order valence-corrected chi connectivity index (χ4v) is 5.96. The molecule has 0 amide bonds. The van der Waals surface area contributed by atoms with E-state index in [-0.39, 0.29) is 12.1 Å². The molecule has 1 saturated carbocycles. The molecule has 0 spiro atoms. The Morgan fingerprint density at radius 2 is 1.71 bits per heavy atom. The zero-order valence-electron chi connectivity index (χ0n) is 18.4. The molecule has 5 rings (SSSR count). The fraction of sp³-hybridized carbons (Fsp3) is 0.292. The Hall–Kier alpha value is -2.77. The molecule has 0 bridgehead atoms. The van der Waals surface area contributed by atoms with Crippen LogP contribution in [0, 0.1) is 5.92 Å². The Labute approximate surface area is 202 Å². The van der Waals surface area contributed by atoms with E-state index in [1.54, 1.807) is 0 Å². The lowest BCUT2D eigenvalue weighted by Crippen LogP contribution is -2.16. The number of anilines is 2. The average molecular weight is 498 g/mol. The molecule has 1 aliphatic rings. The summed E-state index contributed by atoms with van der Waals surface area (Å²) in [5.41, 5.74) is 4.16. The number of halogens is 1. The van der Waals surface area contributed by atoms with Gasteiger partial charge in [0, 0.05) is 5.69 Å². The van der Waals surface area contributed by atoms with Gasteiger partial charge in [-0.05, 0) is 67.3 Å². The lowest BCUT2D eigenvalue weighted by Gasteiger charge is -2.29. The number of hydrogen-bond donors (Lipinski definition) is 3. The molecule has 34 heavy (non-hydrogen) atoms. The van der Waals surface area contributed by atoms with Crippen LogP contribution < -0.4 is 5.32 Å². The molecular weight excluding hydrogens is 473 g/mol. The largest absolute Gasteiger partial charge is 0.325 e. The van der Waals surface area contributed by atoms with Crippen LogP contribution in [0.1, 0.15) is 37.2 Å². The van der Waals surface area contributed by atoms with Crippen LogP contribution in [-0.4, -0.2) is 35.5 Å². The van der Waals surface area contributed by atoms with Gasteiger partial charge in [0.25, 0.3) is 0 Å². The zero-order valence-corrected chi connectivity index (χ0v) is 20.0. The van der Waals surface area contributed by atoms with Crippen molar-refractivity contribution in [3.8, 4) is 5.69 Å². The minimum atomic E-state index is -3.95.